The summed E-state index contributed by atoms with van der Waals surface area (Å²) in [4.78, 5) is 18.0. The summed E-state index contributed by atoms with van der Waals surface area (Å²) < 4.78 is 12.3. The Labute approximate surface area is 128 Å². The Balaban J connectivity index is 2.34. The summed E-state index contributed by atoms with van der Waals surface area (Å²) >= 11 is 6.70. The Hall–Kier alpha value is -0.820. The number of hydrogen-bond donors (Lipinski definition) is 0. The van der Waals surface area contributed by atoms with Crippen molar-refractivity contribution in [2.45, 2.75) is 26.4 Å². The maximum Gasteiger partial charge on any atom is 0.416 e. The third-order valence-corrected chi connectivity index (χ3v) is 3.30. The third-order valence-electron chi connectivity index (χ3n) is 2.31. The molecule has 0 N–H and O–H groups in total. The second-order valence-corrected chi connectivity index (χ2v) is 6.73. The van der Waals surface area contributed by atoms with Crippen LogP contribution in [0.4, 0.5) is 10.6 Å². The highest BCUT2D eigenvalue weighted by molar-refractivity contribution is 9.11. The zero-order valence-corrected chi connectivity index (χ0v) is 14.0. The van der Waals surface area contributed by atoms with E-state index >= 15 is 0 Å². The molecule has 1 aliphatic heterocycles. The molecule has 0 saturated heterocycles. The summed E-state index contributed by atoms with van der Waals surface area (Å²) in [5.74, 6) is 1.02. The molecule has 1 aliphatic rings. The van der Waals surface area contributed by atoms with Gasteiger partial charge in [-0.1, -0.05) is 0 Å². The largest absolute Gasteiger partial charge is 0.487 e. The number of carbonyl (C=O) groups excluding carboxylic acids is 1. The summed E-state index contributed by atoms with van der Waals surface area (Å²) in [6.45, 7) is 6.31. The quantitative estimate of drug-likeness (QED) is 0.630. The monoisotopic (exact) mass is 392 g/mol. The van der Waals surface area contributed by atoms with Crippen LogP contribution in [0.5, 0.6) is 5.75 Å². The number of fused-ring (bicyclic) bond motifs is 1. The summed E-state index contributed by atoms with van der Waals surface area (Å²) in [6, 6.07) is 1.78. The SMILES string of the molecule is CC(C)(C)OC(=O)N1CCOc2c(Br)cc(Br)nc21. The van der Waals surface area contributed by atoms with E-state index in [0.29, 0.717) is 29.3 Å². The fraction of sp³-hybridized carbons (Fsp3) is 0.500. The highest BCUT2D eigenvalue weighted by Crippen LogP contribution is 2.38. The van der Waals surface area contributed by atoms with E-state index in [0.717, 1.165) is 4.47 Å². The molecular formula is C12H14Br2N2O3. The molecule has 1 amide bonds. The fourth-order valence-electron chi connectivity index (χ4n) is 1.62. The molecule has 7 heteroatoms. The average Bonchev–Trinajstić information content (AvgIpc) is 2.25. The Kier molecular flexibility index (Phi) is 4.06. The van der Waals surface area contributed by atoms with Crippen molar-refractivity contribution in [3.05, 3.63) is 15.1 Å². The number of carbonyl (C=O) groups is 1. The maximum absolute atomic E-state index is 12.2. The molecule has 0 radical (unpaired) electrons. The van der Waals surface area contributed by atoms with Crippen LogP contribution in [0.15, 0.2) is 15.1 Å². The van der Waals surface area contributed by atoms with E-state index in [1.807, 2.05) is 20.8 Å². The molecule has 0 aliphatic carbocycles. The number of rotatable bonds is 0. The van der Waals surface area contributed by atoms with Crippen molar-refractivity contribution >= 4 is 43.8 Å². The van der Waals surface area contributed by atoms with Crippen molar-refractivity contribution in [2.75, 3.05) is 18.1 Å². The van der Waals surface area contributed by atoms with Gasteiger partial charge in [-0.05, 0) is 58.7 Å². The van der Waals surface area contributed by atoms with Crippen molar-refractivity contribution in [3.8, 4) is 5.75 Å². The Morgan fingerprint density at radius 3 is 2.79 bits per heavy atom. The molecule has 0 bridgehead atoms. The maximum atomic E-state index is 12.2. The number of anilines is 1. The predicted molar refractivity (Wildman–Crippen MR) is 78.7 cm³/mol. The van der Waals surface area contributed by atoms with Gasteiger partial charge in [-0.25, -0.2) is 9.78 Å². The molecule has 19 heavy (non-hydrogen) atoms. The molecule has 0 unspecified atom stereocenters. The van der Waals surface area contributed by atoms with Gasteiger partial charge in [0.05, 0.1) is 11.0 Å². The lowest BCUT2D eigenvalue weighted by Gasteiger charge is -2.31. The highest BCUT2D eigenvalue weighted by Gasteiger charge is 2.30. The molecule has 5 nitrogen and oxygen atoms in total. The van der Waals surface area contributed by atoms with Crippen molar-refractivity contribution in [3.63, 3.8) is 0 Å². The van der Waals surface area contributed by atoms with Gasteiger partial charge < -0.3 is 9.47 Å². The van der Waals surface area contributed by atoms with Gasteiger partial charge in [-0.2, -0.15) is 0 Å². The van der Waals surface area contributed by atoms with Crippen molar-refractivity contribution in [2.24, 2.45) is 0 Å². The number of hydrogen-bond acceptors (Lipinski definition) is 4. The summed E-state index contributed by atoms with van der Waals surface area (Å²) in [5.41, 5.74) is -0.543. The molecule has 2 rings (SSSR count). The molecule has 0 saturated carbocycles. The Morgan fingerprint density at radius 2 is 2.16 bits per heavy atom. The summed E-state index contributed by atoms with van der Waals surface area (Å²) in [7, 11) is 0. The average molecular weight is 394 g/mol. The zero-order chi connectivity index (χ0) is 14.2. The van der Waals surface area contributed by atoms with Gasteiger partial charge in [0, 0.05) is 0 Å². The molecule has 1 aromatic heterocycles. The number of ether oxygens (including phenoxy) is 2. The molecule has 1 aromatic rings. The normalized spacial score (nSPS) is 14.7. The lowest BCUT2D eigenvalue weighted by molar-refractivity contribution is 0.0566. The first kappa shape index (κ1) is 14.6. The topological polar surface area (TPSA) is 51.7 Å². The van der Waals surface area contributed by atoms with Gasteiger partial charge in [0.2, 0.25) is 0 Å². The first-order valence-corrected chi connectivity index (χ1v) is 7.36. The smallest absolute Gasteiger partial charge is 0.416 e. The van der Waals surface area contributed by atoms with E-state index in [4.69, 9.17) is 9.47 Å². The lowest BCUT2D eigenvalue weighted by Crippen LogP contribution is -2.42. The van der Waals surface area contributed by atoms with E-state index in [2.05, 4.69) is 36.8 Å². The van der Waals surface area contributed by atoms with Crippen LogP contribution in [0.3, 0.4) is 0 Å². The van der Waals surface area contributed by atoms with E-state index in [-0.39, 0.29) is 0 Å². The summed E-state index contributed by atoms with van der Waals surface area (Å²) in [5, 5.41) is 0. The van der Waals surface area contributed by atoms with Crippen LogP contribution in [0, 0.1) is 0 Å². The Bertz CT molecular complexity index is 514. The predicted octanol–water partition coefficient (Wildman–Crippen LogP) is 3.74. The first-order chi connectivity index (χ1) is 8.78. The fourth-order valence-corrected chi connectivity index (χ4v) is 2.83. The lowest BCUT2D eigenvalue weighted by atomic mass is 10.2. The molecule has 0 aromatic carbocycles. The molecule has 0 fully saturated rings. The third kappa shape index (κ3) is 3.39. The minimum Gasteiger partial charge on any atom is -0.487 e. The highest BCUT2D eigenvalue weighted by atomic mass is 79.9. The number of halogens is 2. The number of aromatic nitrogens is 1. The molecular weight excluding hydrogens is 380 g/mol. The standard InChI is InChI=1S/C12H14Br2N2O3/c1-12(2,3)19-11(17)16-4-5-18-9-7(13)6-8(14)15-10(9)16/h6H,4-5H2,1-3H3. The van der Waals surface area contributed by atoms with E-state index in [1.54, 1.807) is 6.07 Å². The summed E-state index contributed by atoms with van der Waals surface area (Å²) in [6.07, 6.45) is -0.422. The Morgan fingerprint density at radius 1 is 1.47 bits per heavy atom. The van der Waals surface area contributed by atoms with Crippen LogP contribution in [0.1, 0.15) is 20.8 Å². The van der Waals surface area contributed by atoms with Crippen LogP contribution in [-0.2, 0) is 4.74 Å². The van der Waals surface area contributed by atoms with Crippen LogP contribution < -0.4 is 9.64 Å². The van der Waals surface area contributed by atoms with Crippen molar-refractivity contribution < 1.29 is 14.3 Å². The van der Waals surface area contributed by atoms with Crippen LogP contribution in [-0.4, -0.2) is 29.8 Å². The van der Waals surface area contributed by atoms with Crippen molar-refractivity contribution in [1.82, 2.24) is 4.98 Å². The van der Waals surface area contributed by atoms with Gasteiger partial charge in [-0.15, -0.1) is 0 Å². The molecule has 0 spiro atoms. The number of pyridine rings is 1. The van der Waals surface area contributed by atoms with E-state index < -0.39 is 11.7 Å². The second kappa shape index (κ2) is 5.28. The van der Waals surface area contributed by atoms with Gasteiger partial charge in [0.1, 0.15) is 16.8 Å². The zero-order valence-electron chi connectivity index (χ0n) is 10.9. The van der Waals surface area contributed by atoms with Crippen molar-refractivity contribution in [1.29, 1.82) is 0 Å². The number of amides is 1. The van der Waals surface area contributed by atoms with E-state index in [9.17, 15) is 4.79 Å². The minimum absolute atomic E-state index is 0.411. The van der Waals surface area contributed by atoms with Crippen LogP contribution in [0.2, 0.25) is 0 Å². The van der Waals surface area contributed by atoms with Crippen LogP contribution in [0.25, 0.3) is 0 Å². The van der Waals surface area contributed by atoms with Gasteiger partial charge in [-0.3, -0.25) is 4.90 Å². The molecule has 0 atom stereocenters. The first-order valence-electron chi connectivity index (χ1n) is 5.77. The molecule has 104 valence electrons. The number of nitrogens with zero attached hydrogens (tertiary/aromatic N) is 2. The second-order valence-electron chi connectivity index (χ2n) is 5.06. The molecule has 2 heterocycles. The van der Waals surface area contributed by atoms with E-state index in [1.165, 1.54) is 4.90 Å². The van der Waals surface area contributed by atoms with Gasteiger partial charge in [0.15, 0.2) is 11.6 Å². The van der Waals surface area contributed by atoms with Gasteiger partial charge in [0.25, 0.3) is 0 Å². The minimum atomic E-state index is -0.543. The van der Waals surface area contributed by atoms with Crippen LogP contribution >= 0.6 is 31.9 Å². The van der Waals surface area contributed by atoms with Gasteiger partial charge >= 0.3 is 6.09 Å².